The Morgan fingerprint density at radius 2 is 1.93 bits per heavy atom. The van der Waals surface area contributed by atoms with E-state index >= 15 is 0 Å². The van der Waals surface area contributed by atoms with Crippen LogP contribution in [0.5, 0.6) is 0 Å². The molecule has 0 unspecified atom stereocenters. The van der Waals surface area contributed by atoms with E-state index in [9.17, 15) is 4.79 Å². The molecule has 2 heterocycles. The molecule has 0 atom stereocenters. The second-order valence-electron chi connectivity index (χ2n) is 7.03. The summed E-state index contributed by atoms with van der Waals surface area (Å²) in [5.41, 5.74) is 8.07. The molecule has 2 N–H and O–H groups in total. The summed E-state index contributed by atoms with van der Waals surface area (Å²) in [5, 5.41) is 0. The fourth-order valence-electron chi connectivity index (χ4n) is 3.68. The number of anilines is 2. The second kappa shape index (κ2) is 8.84. The van der Waals surface area contributed by atoms with Crippen molar-refractivity contribution in [3.8, 4) is 0 Å². The molecule has 6 nitrogen and oxygen atoms in total. The number of nitrogens with zero attached hydrogens (tertiary/aromatic N) is 4. The first-order valence-corrected chi connectivity index (χ1v) is 9.81. The summed E-state index contributed by atoms with van der Waals surface area (Å²) in [6, 6.07) is 10.2. The number of hydrogen-bond acceptors (Lipinski definition) is 5. The van der Waals surface area contributed by atoms with Gasteiger partial charge in [-0.05, 0) is 31.7 Å². The number of carbonyl (C=O) groups excluding carboxylic acids is 1. The molecule has 1 aliphatic heterocycles. The van der Waals surface area contributed by atoms with Gasteiger partial charge < -0.3 is 15.5 Å². The van der Waals surface area contributed by atoms with Crippen LogP contribution in [0, 0.1) is 5.92 Å². The third-order valence-electron chi connectivity index (χ3n) is 5.29. The number of aryl methyl sites for hydroxylation is 1. The molecular weight excluding hydrogens is 338 g/mol. The summed E-state index contributed by atoms with van der Waals surface area (Å²) in [5.74, 6) is 1.57. The van der Waals surface area contributed by atoms with Gasteiger partial charge >= 0.3 is 0 Å². The van der Waals surface area contributed by atoms with Crippen LogP contribution in [-0.2, 0) is 17.8 Å². The summed E-state index contributed by atoms with van der Waals surface area (Å²) in [7, 11) is 0. The van der Waals surface area contributed by atoms with Gasteiger partial charge in [-0.3, -0.25) is 4.79 Å². The molecule has 6 heteroatoms. The Bertz CT molecular complexity index is 756. The minimum atomic E-state index is 0.0779. The van der Waals surface area contributed by atoms with Crippen molar-refractivity contribution in [1.29, 1.82) is 0 Å². The van der Waals surface area contributed by atoms with E-state index in [0.29, 0.717) is 12.5 Å². The standard InChI is InChI=1S/C21H29N5O/c1-3-17-14-23-21(22)24-19(17)26-12-10-18(11-13-26)20(27)25(4-2)15-16-8-6-5-7-9-16/h5-9,14,18H,3-4,10-13,15H2,1-2H3,(H2,22,23,24). The molecule has 0 radical (unpaired) electrons. The molecule has 27 heavy (non-hydrogen) atoms. The summed E-state index contributed by atoms with van der Waals surface area (Å²) >= 11 is 0. The van der Waals surface area contributed by atoms with Crippen molar-refractivity contribution in [2.75, 3.05) is 30.3 Å². The monoisotopic (exact) mass is 367 g/mol. The summed E-state index contributed by atoms with van der Waals surface area (Å²) in [6.07, 6.45) is 4.37. The number of nitrogens with two attached hydrogens (primary N) is 1. The fourth-order valence-corrected chi connectivity index (χ4v) is 3.68. The van der Waals surface area contributed by atoms with Crippen LogP contribution in [0.15, 0.2) is 36.5 Å². The van der Waals surface area contributed by atoms with Crippen LogP contribution in [-0.4, -0.2) is 40.4 Å². The molecule has 1 aromatic heterocycles. The molecule has 0 aliphatic carbocycles. The topological polar surface area (TPSA) is 75.3 Å². The zero-order valence-electron chi connectivity index (χ0n) is 16.3. The van der Waals surface area contributed by atoms with Crippen LogP contribution in [0.3, 0.4) is 0 Å². The van der Waals surface area contributed by atoms with Crippen molar-refractivity contribution < 1.29 is 4.79 Å². The molecule has 0 saturated carbocycles. The lowest BCUT2D eigenvalue weighted by Gasteiger charge is -2.35. The van der Waals surface area contributed by atoms with E-state index in [-0.39, 0.29) is 11.8 Å². The third-order valence-corrected chi connectivity index (χ3v) is 5.29. The van der Waals surface area contributed by atoms with E-state index in [4.69, 9.17) is 5.73 Å². The Morgan fingerprint density at radius 3 is 2.56 bits per heavy atom. The van der Waals surface area contributed by atoms with Gasteiger partial charge in [-0.2, -0.15) is 4.98 Å². The maximum absolute atomic E-state index is 13.0. The summed E-state index contributed by atoms with van der Waals surface area (Å²) < 4.78 is 0. The van der Waals surface area contributed by atoms with Gasteiger partial charge in [0.25, 0.3) is 0 Å². The summed E-state index contributed by atoms with van der Waals surface area (Å²) in [6.45, 7) is 7.20. The quantitative estimate of drug-likeness (QED) is 0.850. The van der Waals surface area contributed by atoms with E-state index in [1.54, 1.807) is 0 Å². The molecule has 0 bridgehead atoms. The van der Waals surface area contributed by atoms with E-state index in [1.807, 2.05) is 36.2 Å². The number of amides is 1. The van der Waals surface area contributed by atoms with Gasteiger partial charge in [-0.15, -0.1) is 0 Å². The lowest BCUT2D eigenvalue weighted by molar-refractivity contribution is -0.136. The Morgan fingerprint density at radius 1 is 1.22 bits per heavy atom. The highest BCUT2D eigenvalue weighted by molar-refractivity contribution is 5.79. The number of benzene rings is 1. The Balaban J connectivity index is 1.62. The van der Waals surface area contributed by atoms with E-state index in [0.717, 1.165) is 50.3 Å². The number of nitrogen functional groups attached to an aromatic ring is 1. The highest BCUT2D eigenvalue weighted by Crippen LogP contribution is 2.26. The lowest BCUT2D eigenvalue weighted by atomic mass is 9.94. The maximum Gasteiger partial charge on any atom is 0.226 e. The van der Waals surface area contributed by atoms with Crippen molar-refractivity contribution in [1.82, 2.24) is 14.9 Å². The van der Waals surface area contributed by atoms with Crippen LogP contribution in [0.1, 0.15) is 37.8 Å². The average Bonchev–Trinajstić information content (AvgIpc) is 2.72. The SMILES string of the molecule is CCc1cnc(N)nc1N1CCC(C(=O)N(CC)Cc2ccccc2)CC1. The first-order chi connectivity index (χ1) is 13.1. The average molecular weight is 367 g/mol. The number of hydrogen-bond donors (Lipinski definition) is 1. The molecule has 1 aliphatic rings. The van der Waals surface area contributed by atoms with Crippen molar-refractivity contribution in [3.63, 3.8) is 0 Å². The number of aromatic nitrogens is 2. The van der Waals surface area contributed by atoms with Crippen LogP contribution in [0.25, 0.3) is 0 Å². The minimum absolute atomic E-state index is 0.0779. The molecule has 1 saturated heterocycles. The van der Waals surface area contributed by atoms with E-state index in [2.05, 4.69) is 33.9 Å². The van der Waals surface area contributed by atoms with Crippen LogP contribution < -0.4 is 10.6 Å². The van der Waals surface area contributed by atoms with Crippen molar-refractivity contribution in [2.24, 2.45) is 5.92 Å². The number of piperidine rings is 1. The molecule has 1 amide bonds. The van der Waals surface area contributed by atoms with E-state index < -0.39 is 0 Å². The molecule has 2 aromatic rings. The Labute approximate surface area is 161 Å². The molecule has 1 fully saturated rings. The normalized spacial score (nSPS) is 15.0. The van der Waals surface area contributed by atoms with Gasteiger partial charge in [-0.1, -0.05) is 37.3 Å². The molecule has 0 spiro atoms. The molecular formula is C21H29N5O. The Hall–Kier alpha value is -2.63. The maximum atomic E-state index is 13.0. The third kappa shape index (κ3) is 4.56. The highest BCUT2D eigenvalue weighted by Gasteiger charge is 2.29. The second-order valence-corrected chi connectivity index (χ2v) is 7.03. The van der Waals surface area contributed by atoms with Gasteiger partial charge in [0, 0.05) is 43.9 Å². The smallest absolute Gasteiger partial charge is 0.226 e. The predicted molar refractivity (Wildman–Crippen MR) is 108 cm³/mol. The fraction of sp³-hybridized carbons (Fsp3) is 0.476. The Kier molecular flexibility index (Phi) is 6.27. The van der Waals surface area contributed by atoms with Gasteiger partial charge in [-0.25, -0.2) is 4.98 Å². The molecule has 3 rings (SSSR count). The first-order valence-electron chi connectivity index (χ1n) is 9.81. The van der Waals surface area contributed by atoms with Crippen LogP contribution in [0.2, 0.25) is 0 Å². The number of carbonyl (C=O) groups is 1. The highest BCUT2D eigenvalue weighted by atomic mass is 16.2. The largest absolute Gasteiger partial charge is 0.368 e. The molecule has 144 valence electrons. The first kappa shape index (κ1) is 19.1. The van der Waals surface area contributed by atoms with Crippen molar-refractivity contribution in [3.05, 3.63) is 47.7 Å². The summed E-state index contributed by atoms with van der Waals surface area (Å²) in [4.78, 5) is 25.8. The lowest BCUT2D eigenvalue weighted by Crippen LogP contribution is -2.42. The minimum Gasteiger partial charge on any atom is -0.368 e. The van der Waals surface area contributed by atoms with Crippen LogP contribution >= 0.6 is 0 Å². The zero-order chi connectivity index (χ0) is 19.2. The van der Waals surface area contributed by atoms with Crippen molar-refractivity contribution >= 4 is 17.7 Å². The number of rotatable bonds is 6. The van der Waals surface area contributed by atoms with Gasteiger partial charge in [0.2, 0.25) is 11.9 Å². The van der Waals surface area contributed by atoms with Crippen molar-refractivity contribution in [2.45, 2.75) is 39.7 Å². The van der Waals surface area contributed by atoms with Gasteiger partial charge in [0.15, 0.2) is 0 Å². The van der Waals surface area contributed by atoms with Gasteiger partial charge in [0.1, 0.15) is 5.82 Å². The zero-order valence-corrected chi connectivity index (χ0v) is 16.3. The van der Waals surface area contributed by atoms with Crippen LogP contribution in [0.4, 0.5) is 11.8 Å². The predicted octanol–water partition coefficient (Wildman–Crippen LogP) is 2.89. The molecule has 1 aromatic carbocycles. The van der Waals surface area contributed by atoms with Gasteiger partial charge in [0.05, 0.1) is 0 Å². The van der Waals surface area contributed by atoms with E-state index in [1.165, 1.54) is 5.56 Å².